The highest BCUT2D eigenvalue weighted by molar-refractivity contribution is 7.71. The molecule has 1 N–H and O–H groups in total. The number of aromatic nitrogens is 3. The lowest BCUT2D eigenvalue weighted by Gasteiger charge is -2.05. The molecule has 0 saturated heterocycles. The maximum atomic E-state index is 13.2. The Balaban J connectivity index is 2.11. The summed E-state index contributed by atoms with van der Waals surface area (Å²) in [4.78, 5) is 7.51. The van der Waals surface area contributed by atoms with Crippen molar-refractivity contribution >= 4 is 35.0 Å². The molecule has 0 radical (unpaired) electrons. The van der Waals surface area contributed by atoms with E-state index in [0.717, 1.165) is 22.3 Å². The Morgan fingerprint density at radius 2 is 2.20 bits per heavy atom. The number of rotatable bonds is 2. The van der Waals surface area contributed by atoms with Crippen LogP contribution in [0.4, 0.5) is 4.39 Å². The number of fused-ring (bicyclic) bond motifs is 1. The molecule has 0 amide bonds. The Hall–Kier alpha value is -1.72. The Morgan fingerprint density at radius 1 is 1.40 bits per heavy atom. The van der Waals surface area contributed by atoms with Gasteiger partial charge >= 0.3 is 0 Å². The summed E-state index contributed by atoms with van der Waals surface area (Å²) in [7, 11) is 0. The van der Waals surface area contributed by atoms with E-state index in [9.17, 15) is 4.39 Å². The lowest BCUT2D eigenvalue weighted by atomic mass is 10.2. The Morgan fingerprint density at radius 3 is 2.95 bits per heavy atom. The fourth-order valence-electron chi connectivity index (χ4n) is 2.14. The highest BCUT2D eigenvalue weighted by Gasteiger charge is 2.09. The van der Waals surface area contributed by atoms with E-state index in [1.807, 2.05) is 17.6 Å². The molecule has 102 valence electrons. The fraction of sp³-hybridized carbons (Fsp3) is 0.143. The van der Waals surface area contributed by atoms with E-state index in [-0.39, 0.29) is 5.02 Å². The van der Waals surface area contributed by atoms with Crippen molar-refractivity contribution < 1.29 is 4.39 Å². The smallest absolute Gasteiger partial charge is 0.179 e. The number of aryl methyl sites for hydroxylation is 1. The second-order valence-electron chi connectivity index (χ2n) is 4.59. The second kappa shape index (κ2) is 5.00. The summed E-state index contributed by atoms with van der Waals surface area (Å²) in [6.45, 7) is 2.49. The van der Waals surface area contributed by atoms with Gasteiger partial charge in [0, 0.05) is 6.20 Å². The molecule has 20 heavy (non-hydrogen) atoms. The number of H-pyrrole nitrogens is 1. The van der Waals surface area contributed by atoms with Crippen LogP contribution >= 0.6 is 23.8 Å². The van der Waals surface area contributed by atoms with Crippen molar-refractivity contribution in [1.29, 1.82) is 0 Å². The molecule has 0 aliphatic carbocycles. The van der Waals surface area contributed by atoms with Gasteiger partial charge in [-0.05, 0) is 48.5 Å². The molecule has 0 aliphatic heterocycles. The summed E-state index contributed by atoms with van der Waals surface area (Å²) in [5.74, 6) is -0.424. The molecule has 3 aromatic rings. The molecule has 0 unspecified atom stereocenters. The van der Waals surface area contributed by atoms with Gasteiger partial charge in [0.25, 0.3) is 0 Å². The van der Waals surface area contributed by atoms with Crippen LogP contribution in [0.2, 0.25) is 5.02 Å². The summed E-state index contributed by atoms with van der Waals surface area (Å²) >= 11 is 11.1. The van der Waals surface area contributed by atoms with Crippen molar-refractivity contribution in [3.05, 3.63) is 57.2 Å². The predicted octanol–water partition coefficient (Wildman–Crippen LogP) is 4.24. The van der Waals surface area contributed by atoms with Crippen LogP contribution in [0.15, 0.2) is 30.5 Å². The zero-order chi connectivity index (χ0) is 14.3. The SMILES string of the molecule is Cc1ccnc2c1[nH]c(=S)n2Cc1ccc(F)c(Cl)c1. The summed E-state index contributed by atoms with van der Waals surface area (Å²) in [6, 6.07) is 6.58. The molecule has 0 saturated carbocycles. The lowest BCUT2D eigenvalue weighted by Crippen LogP contribution is -2.01. The quantitative estimate of drug-likeness (QED) is 0.718. The molecule has 3 nitrogen and oxygen atoms in total. The highest BCUT2D eigenvalue weighted by Crippen LogP contribution is 2.20. The standard InChI is InChI=1S/C14H11ClFN3S/c1-8-4-5-17-13-12(8)18-14(20)19(13)7-9-2-3-11(16)10(15)6-9/h2-6H,7H2,1H3,(H,18,20). The van der Waals surface area contributed by atoms with E-state index in [0.29, 0.717) is 11.3 Å². The van der Waals surface area contributed by atoms with Crippen LogP contribution in [0.5, 0.6) is 0 Å². The van der Waals surface area contributed by atoms with Crippen molar-refractivity contribution in [3.63, 3.8) is 0 Å². The third-order valence-electron chi connectivity index (χ3n) is 3.20. The molecule has 6 heteroatoms. The van der Waals surface area contributed by atoms with Crippen LogP contribution in [0.3, 0.4) is 0 Å². The third kappa shape index (κ3) is 2.23. The van der Waals surface area contributed by atoms with Crippen molar-refractivity contribution in [3.8, 4) is 0 Å². The van der Waals surface area contributed by atoms with Gasteiger partial charge < -0.3 is 4.98 Å². The van der Waals surface area contributed by atoms with Gasteiger partial charge in [0.05, 0.1) is 17.1 Å². The Labute approximate surface area is 125 Å². The summed E-state index contributed by atoms with van der Waals surface area (Å²) < 4.78 is 15.6. The molecular formula is C14H11ClFN3S. The van der Waals surface area contributed by atoms with Crippen LogP contribution in [0.25, 0.3) is 11.2 Å². The second-order valence-corrected chi connectivity index (χ2v) is 5.39. The number of benzene rings is 1. The minimum absolute atomic E-state index is 0.109. The first-order chi connectivity index (χ1) is 9.56. The number of halogens is 2. The van der Waals surface area contributed by atoms with Crippen LogP contribution in [-0.2, 0) is 6.54 Å². The molecule has 3 rings (SSSR count). The van der Waals surface area contributed by atoms with Crippen molar-refractivity contribution in [2.45, 2.75) is 13.5 Å². The minimum atomic E-state index is -0.424. The first kappa shape index (κ1) is 13.3. The van der Waals surface area contributed by atoms with E-state index in [1.165, 1.54) is 6.07 Å². The zero-order valence-electron chi connectivity index (χ0n) is 10.7. The normalized spacial score (nSPS) is 11.2. The van der Waals surface area contributed by atoms with E-state index < -0.39 is 5.82 Å². The van der Waals surface area contributed by atoms with E-state index in [4.69, 9.17) is 23.8 Å². The molecule has 0 spiro atoms. The van der Waals surface area contributed by atoms with E-state index in [2.05, 4.69) is 9.97 Å². The van der Waals surface area contributed by atoms with Gasteiger partial charge in [-0.1, -0.05) is 17.7 Å². The fourth-order valence-corrected chi connectivity index (χ4v) is 2.60. The van der Waals surface area contributed by atoms with Crippen LogP contribution < -0.4 is 0 Å². The number of pyridine rings is 1. The maximum absolute atomic E-state index is 13.2. The van der Waals surface area contributed by atoms with Gasteiger partial charge in [0.15, 0.2) is 10.4 Å². The molecule has 0 fully saturated rings. The van der Waals surface area contributed by atoms with Gasteiger partial charge in [-0.3, -0.25) is 4.57 Å². The third-order valence-corrected chi connectivity index (χ3v) is 3.81. The number of aromatic amines is 1. The number of imidazole rings is 1. The molecule has 1 aromatic carbocycles. The molecule has 0 atom stereocenters. The first-order valence-corrected chi connectivity index (χ1v) is 6.83. The van der Waals surface area contributed by atoms with Crippen LogP contribution in [-0.4, -0.2) is 14.5 Å². The predicted molar refractivity (Wildman–Crippen MR) is 80.2 cm³/mol. The van der Waals surface area contributed by atoms with Gasteiger partial charge in [0.2, 0.25) is 0 Å². The Kier molecular flexibility index (Phi) is 3.31. The summed E-state index contributed by atoms with van der Waals surface area (Å²) in [5, 5.41) is 0.109. The van der Waals surface area contributed by atoms with Gasteiger partial charge in [-0.15, -0.1) is 0 Å². The van der Waals surface area contributed by atoms with Gasteiger partial charge in [-0.2, -0.15) is 0 Å². The zero-order valence-corrected chi connectivity index (χ0v) is 12.2. The Bertz CT molecular complexity index is 853. The molecule has 0 bridgehead atoms. The number of hydrogen-bond acceptors (Lipinski definition) is 2. The number of nitrogens with one attached hydrogen (secondary N) is 1. The molecule has 2 aromatic heterocycles. The van der Waals surface area contributed by atoms with E-state index in [1.54, 1.807) is 18.3 Å². The topological polar surface area (TPSA) is 33.6 Å². The van der Waals surface area contributed by atoms with Crippen molar-refractivity contribution in [1.82, 2.24) is 14.5 Å². The van der Waals surface area contributed by atoms with Gasteiger partial charge in [-0.25, -0.2) is 9.37 Å². The molecule has 2 heterocycles. The summed E-state index contributed by atoms with van der Waals surface area (Å²) in [5.41, 5.74) is 3.66. The van der Waals surface area contributed by atoms with Gasteiger partial charge in [0.1, 0.15) is 5.82 Å². The number of hydrogen-bond donors (Lipinski definition) is 1. The maximum Gasteiger partial charge on any atom is 0.179 e. The highest BCUT2D eigenvalue weighted by atomic mass is 35.5. The average Bonchev–Trinajstić information content (AvgIpc) is 2.73. The minimum Gasteiger partial charge on any atom is -0.329 e. The van der Waals surface area contributed by atoms with Crippen molar-refractivity contribution in [2.75, 3.05) is 0 Å². The molecule has 0 aliphatic rings. The number of nitrogens with zero attached hydrogens (tertiary/aromatic N) is 2. The monoisotopic (exact) mass is 307 g/mol. The van der Waals surface area contributed by atoms with E-state index >= 15 is 0 Å². The van der Waals surface area contributed by atoms with Crippen molar-refractivity contribution in [2.24, 2.45) is 0 Å². The van der Waals surface area contributed by atoms with Crippen LogP contribution in [0, 0.1) is 17.5 Å². The molecular weight excluding hydrogens is 297 g/mol. The average molecular weight is 308 g/mol. The summed E-state index contributed by atoms with van der Waals surface area (Å²) in [6.07, 6.45) is 1.74. The lowest BCUT2D eigenvalue weighted by molar-refractivity contribution is 0.627. The first-order valence-electron chi connectivity index (χ1n) is 6.04. The largest absolute Gasteiger partial charge is 0.329 e. The van der Waals surface area contributed by atoms with Crippen LogP contribution in [0.1, 0.15) is 11.1 Å².